The zero-order valence-electron chi connectivity index (χ0n) is 13.4. The number of nitrogens with two attached hydrogens (primary N) is 1. The smallest absolute Gasteiger partial charge is 0.242 e. The van der Waals surface area contributed by atoms with Crippen LogP contribution < -0.4 is 11.1 Å². The van der Waals surface area contributed by atoms with E-state index in [4.69, 9.17) is 5.73 Å². The van der Waals surface area contributed by atoms with Crippen LogP contribution in [-0.2, 0) is 7.05 Å². The van der Waals surface area contributed by atoms with Crippen molar-refractivity contribution < 1.29 is 4.79 Å². The fourth-order valence-corrected chi connectivity index (χ4v) is 3.48. The summed E-state index contributed by atoms with van der Waals surface area (Å²) in [5, 5.41) is 3.74. The number of para-hydroxylation sites is 3. The number of rotatable bonds is 4. The number of benzene rings is 2. The fourth-order valence-electron chi connectivity index (χ4n) is 2.64. The Morgan fingerprint density at radius 2 is 1.80 bits per heavy atom. The average Bonchev–Trinajstić information content (AvgIpc) is 3.16. The Hall–Kier alpha value is -3.19. The molecule has 0 radical (unpaired) electrons. The molecule has 0 aliphatic rings. The number of thiazole rings is 1. The summed E-state index contributed by atoms with van der Waals surface area (Å²) in [5.41, 5.74) is 8.54. The number of nitrogens with zero attached hydrogens (tertiary/aromatic N) is 3. The van der Waals surface area contributed by atoms with Gasteiger partial charge in [0, 0.05) is 12.7 Å². The van der Waals surface area contributed by atoms with E-state index in [0.29, 0.717) is 15.8 Å². The lowest BCUT2D eigenvalue weighted by Crippen LogP contribution is -2.09. The first-order valence-electron chi connectivity index (χ1n) is 7.68. The van der Waals surface area contributed by atoms with Crippen LogP contribution in [-0.4, -0.2) is 20.3 Å². The van der Waals surface area contributed by atoms with Crippen LogP contribution in [0.3, 0.4) is 0 Å². The van der Waals surface area contributed by atoms with Crippen molar-refractivity contribution in [1.29, 1.82) is 0 Å². The Kier molecular flexibility index (Phi) is 3.70. The van der Waals surface area contributed by atoms with Gasteiger partial charge in [0.2, 0.25) is 5.78 Å². The van der Waals surface area contributed by atoms with Gasteiger partial charge in [-0.15, -0.1) is 0 Å². The van der Waals surface area contributed by atoms with Gasteiger partial charge in [-0.1, -0.05) is 41.7 Å². The van der Waals surface area contributed by atoms with Gasteiger partial charge in [0.05, 0.1) is 11.0 Å². The number of ketones is 1. The van der Waals surface area contributed by atoms with E-state index in [1.807, 2.05) is 61.6 Å². The molecular weight excluding hydrogens is 334 g/mol. The van der Waals surface area contributed by atoms with E-state index in [0.717, 1.165) is 16.7 Å². The maximum absolute atomic E-state index is 12.9. The van der Waals surface area contributed by atoms with Crippen LogP contribution in [0.15, 0.2) is 54.6 Å². The van der Waals surface area contributed by atoms with E-state index in [9.17, 15) is 4.79 Å². The number of nitrogen functional groups attached to an aromatic ring is 1. The monoisotopic (exact) mass is 349 g/mol. The number of imidazole rings is 1. The van der Waals surface area contributed by atoms with Gasteiger partial charge in [-0.05, 0) is 24.3 Å². The standard InChI is InChI=1S/C18H15N5OS/c1-23-13-10-6-5-9-12(13)21-17(23)14(24)15-16(19)22-18(25-15)20-11-7-3-2-4-8-11/h2-10H,19H2,1H3,(H,20,22). The number of anilines is 3. The van der Waals surface area contributed by atoms with Crippen LogP contribution >= 0.6 is 11.3 Å². The van der Waals surface area contributed by atoms with Crippen molar-refractivity contribution in [3.63, 3.8) is 0 Å². The van der Waals surface area contributed by atoms with E-state index in [1.54, 1.807) is 4.57 Å². The molecule has 3 N–H and O–H groups in total. The quantitative estimate of drug-likeness (QED) is 0.550. The van der Waals surface area contributed by atoms with Crippen molar-refractivity contribution in [3.8, 4) is 0 Å². The van der Waals surface area contributed by atoms with Gasteiger partial charge in [0.15, 0.2) is 11.0 Å². The Bertz CT molecular complexity index is 1070. The Labute approximate surface area is 148 Å². The van der Waals surface area contributed by atoms with Crippen molar-refractivity contribution >= 4 is 44.8 Å². The summed E-state index contributed by atoms with van der Waals surface area (Å²) < 4.78 is 1.78. The van der Waals surface area contributed by atoms with Crippen molar-refractivity contribution in [1.82, 2.24) is 14.5 Å². The minimum atomic E-state index is -0.227. The molecule has 4 rings (SSSR count). The highest BCUT2D eigenvalue weighted by molar-refractivity contribution is 7.18. The number of aromatic nitrogens is 3. The predicted octanol–water partition coefficient (Wildman–Crippen LogP) is 3.59. The van der Waals surface area contributed by atoms with Crippen LogP contribution in [0.4, 0.5) is 16.6 Å². The van der Waals surface area contributed by atoms with E-state index >= 15 is 0 Å². The normalized spacial score (nSPS) is 10.9. The van der Waals surface area contributed by atoms with E-state index in [-0.39, 0.29) is 11.6 Å². The van der Waals surface area contributed by atoms with Crippen molar-refractivity contribution in [2.24, 2.45) is 7.05 Å². The summed E-state index contributed by atoms with van der Waals surface area (Å²) in [7, 11) is 1.82. The van der Waals surface area contributed by atoms with E-state index in [1.165, 1.54) is 11.3 Å². The average molecular weight is 349 g/mol. The van der Waals surface area contributed by atoms with Gasteiger partial charge in [0.25, 0.3) is 0 Å². The highest BCUT2D eigenvalue weighted by Gasteiger charge is 2.23. The molecule has 0 bridgehead atoms. The van der Waals surface area contributed by atoms with E-state index < -0.39 is 0 Å². The molecule has 2 aromatic carbocycles. The summed E-state index contributed by atoms with van der Waals surface area (Å²) in [6, 6.07) is 17.2. The van der Waals surface area contributed by atoms with Gasteiger partial charge in [-0.2, -0.15) is 0 Å². The number of carbonyl (C=O) groups is 1. The molecule has 0 fully saturated rings. The largest absolute Gasteiger partial charge is 0.382 e. The highest BCUT2D eigenvalue weighted by Crippen LogP contribution is 2.30. The zero-order valence-corrected chi connectivity index (χ0v) is 14.2. The molecule has 0 saturated heterocycles. The topological polar surface area (TPSA) is 85.8 Å². The van der Waals surface area contributed by atoms with Crippen LogP contribution in [0.25, 0.3) is 11.0 Å². The second kappa shape index (κ2) is 6.03. The summed E-state index contributed by atoms with van der Waals surface area (Å²) in [5.74, 6) is 0.332. The third-order valence-electron chi connectivity index (χ3n) is 3.87. The summed E-state index contributed by atoms with van der Waals surface area (Å²) in [6.45, 7) is 0. The third-order valence-corrected chi connectivity index (χ3v) is 4.86. The van der Waals surface area contributed by atoms with Crippen LogP contribution in [0, 0.1) is 0 Å². The Morgan fingerprint density at radius 3 is 2.56 bits per heavy atom. The van der Waals surface area contributed by atoms with Gasteiger partial charge in [-0.3, -0.25) is 4.79 Å². The molecule has 2 aromatic heterocycles. The van der Waals surface area contributed by atoms with E-state index in [2.05, 4.69) is 15.3 Å². The second-order valence-electron chi connectivity index (χ2n) is 5.54. The molecular formula is C18H15N5OS. The lowest BCUT2D eigenvalue weighted by molar-refractivity contribution is 0.103. The van der Waals surface area contributed by atoms with Crippen molar-refractivity contribution in [3.05, 3.63) is 65.3 Å². The van der Waals surface area contributed by atoms with Crippen molar-refractivity contribution in [2.75, 3.05) is 11.1 Å². The van der Waals surface area contributed by atoms with Crippen molar-refractivity contribution in [2.45, 2.75) is 0 Å². The number of fused-ring (bicyclic) bond motifs is 1. The molecule has 7 heteroatoms. The number of aryl methyl sites for hydroxylation is 1. The van der Waals surface area contributed by atoms with Gasteiger partial charge >= 0.3 is 0 Å². The molecule has 0 amide bonds. The molecule has 0 spiro atoms. The third kappa shape index (κ3) is 2.74. The minimum Gasteiger partial charge on any atom is -0.382 e. The summed E-state index contributed by atoms with van der Waals surface area (Å²) in [6.07, 6.45) is 0. The number of nitrogens with one attached hydrogen (secondary N) is 1. The molecule has 124 valence electrons. The highest BCUT2D eigenvalue weighted by atomic mass is 32.1. The SMILES string of the molecule is Cn1c(C(=O)c2sc(Nc3ccccc3)nc2N)nc2ccccc21. The lowest BCUT2D eigenvalue weighted by Gasteiger charge is -2.00. The van der Waals surface area contributed by atoms with Gasteiger partial charge in [0.1, 0.15) is 10.7 Å². The first kappa shape index (κ1) is 15.3. The molecule has 25 heavy (non-hydrogen) atoms. The molecule has 4 aromatic rings. The van der Waals surface area contributed by atoms with Gasteiger partial charge < -0.3 is 15.6 Å². The number of hydrogen-bond acceptors (Lipinski definition) is 6. The molecule has 6 nitrogen and oxygen atoms in total. The minimum absolute atomic E-state index is 0.209. The van der Waals surface area contributed by atoms with Crippen LogP contribution in [0.2, 0.25) is 0 Å². The maximum Gasteiger partial charge on any atom is 0.242 e. The first-order valence-corrected chi connectivity index (χ1v) is 8.49. The molecule has 0 aliphatic carbocycles. The molecule has 0 atom stereocenters. The van der Waals surface area contributed by atoms with Crippen LogP contribution in [0.1, 0.15) is 15.5 Å². The maximum atomic E-state index is 12.9. The fraction of sp³-hybridized carbons (Fsp3) is 0.0556. The molecule has 0 unspecified atom stereocenters. The molecule has 0 aliphatic heterocycles. The summed E-state index contributed by atoms with van der Waals surface area (Å²) in [4.78, 5) is 22.0. The Morgan fingerprint density at radius 1 is 1.08 bits per heavy atom. The Balaban J connectivity index is 1.69. The first-order chi connectivity index (χ1) is 12.1. The zero-order chi connectivity index (χ0) is 17.4. The second-order valence-corrected chi connectivity index (χ2v) is 6.54. The molecule has 2 heterocycles. The molecule has 0 saturated carbocycles. The van der Waals surface area contributed by atoms with Crippen LogP contribution in [0.5, 0.6) is 0 Å². The number of hydrogen-bond donors (Lipinski definition) is 2. The predicted molar refractivity (Wildman–Crippen MR) is 100 cm³/mol. The lowest BCUT2D eigenvalue weighted by atomic mass is 10.3. The summed E-state index contributed by atoms with van der Waals surface area (Å²) >= 11 is 1.23. The van der Waals surface area contributed by atoms with Gasteiger partial charge in [-0.25, -0.2) is 9.97 Å². The number of carbonyl (C=O) groups excluding carboxylic acids is 1.